The van der Waals surface area contributed by atoms with Crippen molar-refractivity contribution in [1.29, 1.82) is 0 Å². The summed E-state index contributed by atoms with van der Waals surface area (Å²) in [6.07, 6.45) is 0. The zero-order chi connectivity index (χ0) is 24.0. The molecule has 4 N–H and O–H groups in total. The third-order valence-electron chi connectivity index (χ3n) is 4.76. The lowest BCUT2D eigenvalue weighted by atomic mass is 10.1. The fourth-order valence-corrected chi connectivity index (χ4v) is 3.13. The van der Waals surface area contributed by atoms with Gasteiger partial charge in [0.1, 0.15) is 0 Å². The highest BCUT2D eigenvalue weighted by atomic mass is 16.2. The molecule has 0 aliphatic heterocycles. The molecule has 0 aliphatic rings. The first kappa shape index (κ1) is 23.5. The lowest BCUT2D eigenvalue weighted by molar-refractivity contribution is 0.0843. The number of nitrogens with zero attached hydrogens (tertiary/aromatic N) is 2. The van der Waals surface area contributed by atoms with Gasteiger partial charge in [-0.3, -0.25) is 25.2 Å². The Labute approximate surface area is 190 Å². The first-order valence-electron chi connectivity index (χ1n) is 10.5. The van der Waals surface area contributed by atoms with E-state index in [0.29, 0.717) is 29.4 Å². The predicted molar refractivity (Wildman–Crippen MR) is 124 cm³/mol. The third kappa shape index (κ3) is 5.73. The number of aryl methyl sites for hydroxylation is 1. The Kier molecular flexibility index (Phi) is 7.39. The van der Waals surface area contributed by atoms with Gasteiger partial charge in [0.2, 0.25) is 0 Å². The summed E-state index contributed by atoms with van der Waals surface area (Å²) in [5, 5.41) is 10.4. The number of hydrogen-bond donors (Lipinski definition) is 4. The van der Waals surface area contributed by atoms with Gasteiger partial charge in [0, 0.05) is 30.1 Å². The van der Waals surface area contributed by atoms with Gasteiger partial charge >= 0.3 is 6.03 Å². The molecule has 172 valence electrons. The zero-order valence-electron chi connectivity index (χ0n) is 18.6. The number of benzene rings is 2. The lowest BCUT2D eigenvalue weighted by Gasteiger charge is -2.12. The molecular formula is C23H26N6O4. The molecule has 33 heavy (non-hydrogen) atoms. The van der Waals surface area contributed by atoms with E-state index in [2.05, 4.69) is 26.6 Å². The average molecular weight is 450 g/mol. The van der Waals surface area contributed by atoms with Gasteiger partial charge in [-0.1, -0.05) is 30.3 Å². The van der Waals surface area contributed by atoms with Crippen molar-refractivity contribution in [3.8, 4) is 0 Å². The van der Waals surface area contributed by atoms with Crippen LogP contribution in [0.5, 0.6) is 0 Å². The molecule has 0 saturated carbocycles. The fraction of sp³-hybridized carbons (Fsp3) is 0.261. The van der Waals surface area contributed by atoms with Gasteiger partial charge in [0.15, 0.2) is 5.69 Å². The molecule has 0 spiro atoms. The van der Waals surface area contributed by atoms with Gasteiger partial charge in [-0.15, -0.1) is 0 Å². The second kappa shape index (κ2) is 10.4. The summed E-state index contributed by atoms with van der Waals surface area (Å²) in [7, 11) is 0. The van der Waals surface area contributed by atoms with Crippen LogP contribution in [-0.2, 0) is 13.1 Å². The molecule has 0 atom stereocenters. The van der Waals surface area contributed by atoms with E-state index in [9.17, 15) is 19.2 Å². The van der Waals surface area contributed by atoms with E-state index >= 15 is 0 Å². The maximum absolute atomic E-state index is 12.7. The molecule has 2 aromatic carbocycles. The van der Waals surface area contributed by atoms with Crippen LogP contribution in [0.1, 0.15) is 47.2 Å². The Morgan fingerprint density at radius 1 is 0.939 bits per heavy atom. The van der Waals surface area contributed by atoms with Crippen molar-refractivity contribution in [2.75, 3.05) is 0 Å². The van der Waals surface area contributed by atoms with Gasteiger partial charge in [-0.25, -0.2) is 9.48 Å². The topological polar surface area (TPSA) is 134 Å². The van der Waals surface area contributed by atoms with Crippen molar-refractivity contribution in [2.24, 2.45) is 0 Å². The van der Waals surface area contributed by atoms with Crippen molar-refractivity contribution < 1.29 is 14.4 Å². The Balaban J connectivity index is 1.64. The number of urea groups is 1. The zero-order valence-corrected chi connectivity index (χ0v) is 18.6. The second-order valence-electron chi connectivity index (χ2n) is 7.60. The van der Waals surface area contributed by atoms with E-state index in [1.165, 1.54) is 4.68 Å². The van der Waals surface area contributed by atoms with Crippen LogP contribution in [0.3, 0.4) is 0 Å². The number of nitrogens with one attached hydrogen (secondary N) is 4. The molecule has 3 aromatic rings. The highest BCUT2D eigenvalue weighted by molar-refractivity contribution is 6.06. The summed E-state index contributed by atoms with van der Waals surface area (Å²) in [6, 6.07) is 13.0. The average Bonchev–Trinajstić information content (AvgIpc) is 2.81. The molecule has 4 amide bonds. The summed E-state index contributed by atoms with van der Waals surface area (Å²) in [5.74, 6) is -1.16. The second-order valence-corrected chi connectivity index (χ2v) is 7.60. The molecule has 0 aliphatic carbocycles. The van der Waals surface area contributed by atoms with Crippen LogP contribution in [-0.4, -0.2) is 33.7 Å². The van der Waals surface area contributed by atoms with Crippen LogP contribution in [0.25, 0.3) is 10.8 Å². The molecule has 10 nitrogen and oxygen atoms in total. The predicted octanol–water partition coefficient (Wildman–Crippen LogP) is 1.70. The van der Waals surface area contributed by atoms with Crippen molar-refractivity contribution in [1.82, 2.24) is 31.3 Å². The number of hydrazine groups is 1. The SMILES string of the molecule is CCn1nc(C(=O)NNC(=O)c2ccc(CNC(=O)NC(C)C)cc2)c2ccccc2c1=O. The molecule has 0 bridgehead atoms. The maximum Gasteiger partial charge on any atom is 0.315 e. The number of aromatic nitrogens is 2. The summed E-state index contributed by atoms with van der Waals surface area (Å²) < 4.78 is 1.20. The van der Waals surface area contributed by atoms with E-state index in [4.69, 9.17) is 0 Å². The van der Waals surface area contributed by atoms with Crippen LogP contribution < -0.4 is 27.0 Å². The molecule has 10 heteroatoms. The normalized spacial score (nSPS) is 10.7. The molecular weight excluding hydrogens is 424 g/mol. The van der Waals surface area contributed by atoms with E-state index in [1.54, 1.807) is 55.5 Å². The standard InChI is InChI=1S/C23H26N6O4/c1-4-29-22(32)18-8-6-5-7-17(18)19(28-29)21(31)27-26-20(30)16-11-9-15(10-12-16)13-24-23(33)25-14(2)3/h5-12,14H,4,13H2,1-3H3,(H,26,30)(H,27,31)(H2,24,25,33). The van der Waals surface area contributed by atoms with E-state index in [1.807, 2.05) is 13.8 Å². The van der Waals surface area contributed by atoms with Crippen molar-refractivity contribution in [2.45, 2.75) is 39.9 Å². The van der Waals surface area contributed by atoms with Crippen molar-refractivity contribution >= 4 is 28.6 Å². The van der Waals surface area contributed by atoms with E-state index in [0.717, 1.165) is 5.56 Å². The highest BCUT2D eigenvalue weighted by Crippen LogP contribution is 2.13. The Hall–Kier alpha value is -4.21. The smallest absolute Gasteiger partial charge is 0.315 e. The number of fused-ring (bicyclic) bond motifs is 1. The van der Waals surface area contributed by atoms with Crippen molar-refractivity contribution in [3.05, 3.63) is 75.7 Å². The van der Waals surface area contributed by atoms with E-state index in [-0.39, 0.29) is 23.3 Å². The molecule has 0 fully saturated rings. The largest absolute Gasteiger partial charge is 0.336 e. The molecule has 1 aromatic heterocycles. The third-order valence-corrected chi connectivity index (χ3v) is 4.76. The number of carbonyl (C=O) groups excluding carboxylic acids is 3. The van der Waals surface area contributed by atoms with Gasteiger partial charge < -0.3 is 10.6 Å². The number of rotatable bonds is 6. The van der Waals surface area contributed by atoms with Gasteiger partial charge in [0.05, 0.1) is 5.39 Å². The Bertz CT molecular complexity index is 1230. The maximum atomic E-state index is 12.7. The number of hydrogen-bond acceptors (Lipinski definition) is 5. The van der Waals surface area contributed by atoms with Gasteiger partial charge in [-0.05, 0) is 44.5 Å². The minimum absolute atomic E-state index is 0.0323. The van der Waals surface area contributed by atoms with Crippen LogP contribution in [0, 0.1) is 0 Å². The van der Waals surface area contributed by atoms with Crippen LogP contribution in [0.2, 0.25) is 0 Å². The number of carbonyl (C=O) groups is 3. The first-order chi connectivity index (χ1) is 15.8. The monoisotopic (exact) mass is 450 g/mol. The Morgan fingerprint density at radius 2 is 1.58 bits per heavy atom. The van der Waals surface area contributed by atoms with Crippen LogP contribution >= 0.6 is 0 Å². The summed E-state index contributed by atoms with van der Waals surface area (Å²) in [5.41, 5.74) is 5.59. The van der Waals surface area contributed by atoms with Gasteiger partial charge in [-0.2, -0.15) is 5.10 Å². The number of amides is 4. The molecule has 3 rings (SSSR count). The minimum Gasteiger partial charge on any atom is -0.336 e. The van der Waals surface area contributed by atoms with Crippen LogP contribution in [0.4, 0.5) is 4.79 Å². The summed E-state index contributed by atoms with van der Waals surface area (Å²) >= 11 is 0. The van der Waals surface area contributed by atoms with Crippen molar-refractivity contribution in [3.63, 3.8) is 0 Å². The van der Waals surface area contributed by atoms with Crippen LogP contribution in [0.15, 0.2) is 53.3 Å². The summed E-state index contributed by atoms with van der Waals surface area (Å²) in [4.78, 5) is 49.2. The molecule has 0 unspecified atom stereocenters. The van der Waals surface area contributed by atoms with Gasteiger partial charge in [0.25, 0.3) is 17.4 Å². The Morgan fingerprint density at radius 3 is 2.21 bits per heavy atom. The highest BCUT2D eigenvalue weighted by Gasteiger charge is 2.17. The first-order valence-corrected chi connectivity index (χ1v) is 10.5. The lowest BCUT2D eigenvalue weighted by Crippen LogP contribution is -2.42. The fourth-order valence-electron chi connectivity index (χ4n) is 3.13. The molecule has 1 heterocycles. The minimum atomic E-state index is -0.640. The quantitative estimate of drug-likeness (QED) is 0.424. The molecule has 0 saturated heterocycles. The molecule has 0 radical (unpaired) electrons. The van der Waals surface area contributed by atoms with E-state index < -0.39 is 11.8 Å². The summed E-state index contributed by atoms with van der Waals surface area (Å²) in [6.45, 7) is 6.09.